The van der Waals surface area contributed by atoms with Crippen molar-refractivity contribution in [2.45, 2.75) is 38.0 Å². The van der Waals surface area contributed by atoms with Crippen LogP contribution in [-0.2, 0) is 13.0 Å². The topological polar surface area (TPSA) is 77.0 Å². The van der Waals surface area contributed by atoms with Gasteiger partial charge in [-0.25, -0.2) is 0 Å². The lowest BCUT2D eigenvalue weighted by molar-refractivity contribution is -0.182. The van der Waals surface area contributed by atoms with Crippen LogP contribution in [0.25, 0.3) is 0 Å². The van der Waals surface area contributed by atoms with E-state index in [-0.39, 0.29) is 32.4 Å². The average Bonchev–Trinajstić information content (AvgIpc) is 2.70. The molecule has 0 saturated carbocycles. The van der Waals surface area contributed by atoms with Gasteiger partial charge in [0, 0.05) is 19.6 Å². The van der Waals surface area contributed by atoms with E-state index in [1.165, 1.54) is 4.57 Å². The Morgan fingerprint density at radius 1 is 1.44 bits per heavy atom. The SMILES string of the molecule is NC(CCO)c1nnc2n1CC(C(F)(F)F)CC2. The zero-order chi connectivity index (χ0) is 13.3. The first-order valence-electron chi connectivity index (χ1n) is 5.78. The Labute approximate surface area is 102 Å². The summed E-state index contributed by atoms with van der Waals surface area (Å²) in [4.78, 5) is 0. The van der Waals surface area contributed by atoms with Crippen LogP contribution >= 0.6 is 0 Å². The maximum Gasteiger partial charge on any atom is 0.393 e. The summed E-state index contributed by atoms with van der Waals surface area (Å²) in [6.45, 7) is -0.313. The lowest BCUT2D eigenvalue weighted by Crippen LogP contribution is -2.33. The van der Waals surface area contributed by atoms with E-state index < -0.39 is 18.1 Å². The second-order valence-electron chi connectivity index (χ2n) is 4.48. The first-order chi connectivity index (χ1) is 8.43. The molecule has 0 spiro atoms. The maximum absolute atomic E-state index is 12.7. The van der Waals surface area contributed by atoms with Crippen LogP contribution in [0.15, 0.2) is 0 Å². The number of rotatable bonds is 3. The van der Waals surface area contributed by atoms with E-state index >= 15 is 0 Å². The third-order valence-corrected chi connectivity index (χ3v) is 3.21. The molecule has 8 heteroatoms. The van der Waals surface area contributed by atoms with Gasteiger partial charge in [-0.15, -0.1) is 10.2 Å². The summed E-state index contributed by atoms with van der Waals surface area (Å²) in [5.41, 5.74) is 5.76. The minimum Gasteiger partial charge on any atom is -0.396 e. The maximum atomic E-state index is 12.7. The van der Waals surface area contributed by atoms with Crippen LogP contribution in [-0.4, -0.2) is 32.7 Å². The number of aromatic nitrogens is 3. The number of halogens is 3. The van der Waals surface area contributed by atoms with E-state index in [1.807, 2.05) is 0 Å². The molecule has 1 aliphatic rings. The summed E-state index contributed by atoms with van der Waals surface area (Å²) in [6.07, 6.45) is -3.66. The highest BCUT2D eigenvalue weighted by Crippen LogP contribution is 2.34. The summed E-state index contributed by atoms with van der Waals surface area (Å²) in [5.74, 6) is -0.507. The smallest absolute Gasteiger partial charge is 0.393 e. The highest BCUT2D eigenvalue weighted by molar-refractivity contribution is 5.04. The van der Waals surface area contributed by atoms with Crippen LogP contribution in [0, 0.1) is 5.92 Å². The van der Waals surface area contributed by atoms with Crippen LogP contribution < -0.4 is 5.73 Å². The van der Waals surface area contributed by atoms with Gasteiger partial charge in [0.1, 0.15) is 11.6 Å². The molecule has 1 aliphatic heterocycles. The molecular formula is C10H15F3N4O. The van der Waals surface area contributed by atoms with Gasteiger partial charge in [0.05, 0.1) is 12.0 Å². The zero-order valence-electron chi connectivity index (χ0n) is 9.69. The van der Waals surface area contributed by atoms with Crippen molar-refractivity contribution in [2.24, 2.45) is 11.7 Å². The van der Waals surface area contributed by atoms with E-state index in [0.29, 0.717) is 11.6 Å². The predicted octanol–water partition coefficient (Wildman–Crippen LogP) is 0.785. The molecule has 0 saturated heterocycles. The third kappa shape index (κ3) is 2.49. The van der Waals surface area contributed by atoms with Gasteiger partial charge in [-0.1, -0.05) is 0 Å². The van der Waals surface area contributed by atoms with Crippen LogP contribution in [0.1, 0.15) is 30.5 Å². The highest BCUT2D eigenvalue weighted by atomic mass is 19.4. The van der Waals surface area contributed by atoms with Gasteiger partial charge in [0.25, 0.3) is 0 Å². The second kappa shape index (κ2) is 4.85. The average molecular weight is 264 g/mol. The minimum absolute atomic E-state index is 0.0386. The number of nitrogens with two attached hydrogens (primary N) is 1. The molecule has 0 bridgehead atoms. The first-order valence-corrected chi connectivity index (χ1v) is 5.78. The summed E-state index contributed by atoms with van der Waals surface area (Å²) in [7, 11) is 0. The Hall–Kier alpha value is -1.15. The van der Waals surface area contributed by atoms with Crippen LogP contribution in [0.3, 0.4) is 0 Å². The zero-order valence-corrected chi connectivity index (χ0v) is 9.69. The fraction of sp³-hybridized carbons (Fsp3) is 0.800. The quantitative estimate of drug-likeness (QED) is 0.846. The number of alkyl halides is 3. The molecule has 102 valence electrons. The van der Waals surface area contributed by atoms with Crippen molar-refractivity contribution in [3.63, 3.8) is 0 Å². The molecule has 2 heterocycles. The lowest BCUT2D eigenvalue weighted by atomic mass is 9.98. The van der Waals surface area contributed by atoms with E-state index in [1.54, 1.807) is 0 Å². The molecule has 5 nitrogen and oxygen atoms in total. The van der Waals surface area contributed by atoms with E-state index in [0.717, 1.165) is 0 Å². The number of aliphatic hydroxyl groups is 1. The van der Waals surface area contributed by atoms with Gasteiger partial charge in [-0.05, 0) is 12.8 Å². The monoisotopic (exact) mass is 264 g/mol. The fourth-order valence-corrected chi connectivity index (χ4v) is 2.16. The van der Waals surface area contributed by atoms with Gasteiger partial charge < -0.3 is 15.4 Å². The summed E-state index contributed by atoms with van der Waals surface area (Å²) in [6, 6.07) is -0.580. The van der Waals surface area contributed by atoms with Gasteiger partial charge in [0.15, 0.2) is 0 Å². The molecule has 0 fully saturated rings. The van der Waals surface area contributed by atoms with Crippen LogP contribution in [0.5, 0.6) is 0 Å². The van der Waals surface area contributed by atoms with Crippen molar-refractivity contribution < 1.29 is 18.3 Å². The molecule has 2 rings (SSSR count). The largest absolute Gasteiger partial charge is 0.396 e. The van der Waals surface area contributed by atoms with Crippen molar-refractivity contribution in [1.29, 1.82) is 0 Å². The number of hydrogen-bond acceptors (Lipinski definition) is 4. The van der Waals surface area contributed by atoms with Gasteiger partial charge in [-0.2, -0.15) is 13.2 Å². The molecule has 1 aromatic rings. The van der Waals surface area contributed by atoms with E-state index in [2.05, 4.69) is 10.2 Å². The predicted molar refractivity (Wildman–Crippen MR) is 56.5 cm³/mol. The molecule has 0 radical (unpaired) electrons. The van der Waals surface area contributed by atoms with Crippen molar-refractivity contribution in [3.05, 3.63) is 11.6 Å². The molecule has 2 unspecified atom stereocenters. The van der Waals surface area contributed by atoms with Gasteiger partial charge in [-0.3, -0.25) is 0 Å². The van der Waals surface area contributed by atoms with E-state index in [9.17, 15) is 13.2 Å². The normalized spacial score (nSPS) is 21.7. The number of fused-ring (bicyclic) bond motifs is 1. The van der Waals surface area contributed by atoms with Crippen molar-refractivity contribution >= 4 is 0 Å². The Bertz CT molecular complexity index is 418. The van der Waals surface area contributed by atoms with Gasteiger partial charge >= 0.3 is 6.18 Å². The second-order valence-corrected chi connectivity index (χ2v) is 4.48. The molecule has 2 atom stereocenters. The van der Waals surface area contributed by atoms with Crippen LogP contribution in [0.4, 0.5) is 13.2 Å². The third-order valence-electron chi connectivity index (χ3n) is 3.21. The molecular weight excluding hydrogens is 249 g/mol. The number of aliphatic hydroxyl groups excluding tert-OH is 1. The molecule has 3 N–H and O–H groups in total. The number of nitrogens with zero attached hydrogens (tertiary/aromatic N) is 3. The first kappa shape index (κ1) is 13.3. The Balaban J connectivity index is 2.22. The van der Waals surface area contributed by atoms with Crippen molar-refractivity contribution in [1.82, 2.24) is 14.8 Å². The lowest BCUT2D eigenvalue weighted by Gasteiger charge is -2.27. The highest BCUT2D eigenvalue weighted by Gasteiger charge is 2.42. The summed E-state index contributed by atoms with van der Waals surface area (Å²) >= 11 is 0. The minimum atomic E-state index is -4.21. The van der Waals surface area contributed by atoms with Crippen molar-refractivity contribution in [2.75, 3.05) is 6.61 Å². The summed E-state index contributed by atoms with van der Waals surface area (Å²) in [5, 5.41) is 16.5. The van der Waals surface area contributed by atoms with Gasteiger partial charge in [0.2, 0.25) is 0 Å². The number of hydrogen-bond donors (Lipinski definition) is 2. The molecule has 1 aromatic heterocycles. The van der Waals surface area contributed by atoms with E-state index in [4.69, 9.17) is 10.8 Å². The summed E-state index contributed by atoms with van der Waals surface area (Å²) < 4.78 is 39.5. The Morgan fingerprint density at radius 3 is 2.78 bits per heavy atom. The number of aryl methyl sites for hydroxylation is 1. The Kier molecular flexibility index (Phi) is 3.58. The van der Waals surface area contributed by atoms with Crippen LogP contribution in [0.2, 0.25) is 0 Å². The fourth-order valence-electron chi connectivity index (χ4n) is 2.16. The van der Waals surface area contributed by atoms with Crippen molar-refractivity contribution in [3.8, 4) is 0 Å². The molecule has 0 amide bonds. The molecule has 0 aliphatic carbocycles. The Morgan fingerprint density at radius 2 is 2.17 bits per heavy atom. The standard InChI is InChI=1S/C10H15F3N4O/c11-10(12,13)6-1-2-8-15-16-9(17(8)5-6)7(14)3-4-18/h6-7,18H,1-5,14H2. The molecule has 0 aromatic carbocycles. The molecule has 18 heavy (non-hydrogen) atoms.